The molecule has 0 aromatic heterocycles. The van der Waals surface area contributed by atoms with E-state index >= 15 is 0 Å². The number of halogens is 3. The van der Waals surface area contributed by atoms with Crippen molar-refractivity contribution >= 4 is 11.8 Å². The maximum atomic E-state index is 12.8. The third-order valence-electron chi connectivity index (χ3n) is 6.91. The third kappa shape index (κ3) is 6.33. The number of carbonyl (C=O) groups is 2. The molecule has 6 nitrogen and oxygen atoms in total. The van der Waals surface area contributed by atoms with Crippen LogP contribution in [0.15, 0.2) is 48.5 Å². The smallest absolute Gasteiger partial charge is 0.416 e. The fourth-order valence-corrected chi connectivity index (χ4v) is 4.95. The summed E-state index contributed by atoms with van der Waals surface area (Å²) in [6.45, 7) is 1.25. The molecule has 2 aromatic rings. The summed E-state index contributed by atoms with van der Waals surface area (Å²) >= 11 is 0. The second-order valence-corrected chi connectivity index (χ2v) is 9.26. The zero-order valence-electron chi connectivity index (χ0n) is 19.6. The Labute approximate surface area is 202 Å². The van der Waals surface area contributed by atoms with Gasteiger partial charge in [-0.2, -0.15) is 13.2 Å². The molecule has 4 rings (SSSR count). The maximum Gasteiger partial charge on any atom is 0.416 e. The number of ether oxygens (including phenoxy) is 1. The van der Waals surface area contributed by atoms with Crippen LogP contribution >= 0.6 is 0 Å². The zero-order chi connectivity index (χ0) is 25.0. The molecule has 188 valence electrons. The van der Waals surface area contributed by atoms with Crippen molar-refractivity contribution in [2.24, 2.45) is 0 Å². The molecule has 1 heterocycles. The van der Waals surface area contributed by atoms with Crippen molar-refractivity contribution in [3.8, 4) is 5.75 Å². The molecule has 1 aliphatic carbocycles. The van der Waals surface area contributed by atoms with E-state index in [0.29, 0.717) is 12.0 Å². The number of benzene rings is 2. The summed E-state index contributed by atoms with van der Waals surface area (Å²) < 4.78 is 43.8. The quantitative estimate of drug-likeness (QED) is 0.618. The number of likely N-dealkylation sites (tertiary alicyclic amines) is 1. The number of nitrogens with zero attached hydrogens (tertiary/aromatic N) is 1. The lowest BCUT2D eigenvalue weighted by Gasteiger charge is -2.46. The molecule has 1 aliphatic heterocycles. The second-order valence-electron chi connectivity index (χ2n) is 9.26. The summed E-state index contributed by atoms with van der Waals surface area (Å²) in [7, 11) is 1.68. The molecule has 2 amide bonds. The Morgan fingerprint density at radius 3 is 2.43 bits per heavy atom. The molecule has 2 aliphatic rings. The van der Waals surface area contributed by atoms with Crippen LogP contribution in [0.5, 0.6) is 5.75 Å². The van der Waals surface area contributed by atoms with Crippen LogP contribution in [-0.2, 0) is 11.0 Å². The van der Waals surface area contributed by atoms with Crippen LogP contribution in [0.1, 0.15) is 53.1 Å². The molecule has 0 spiro atoms. The van der Waals surface area contributed by atoms with Gasteiger partial charge in [0.05, 0.1) is 25.3 Å². The molecular weight excluding hydrogens is 459 g/mol. The number of hydrogen-bond acceptors (Lipinski definition) is 4. The minimum absolute atomic E-state index is 0.0177. The molecule has 2 N–H and O–H groups in total. The van der Waals surface area contributed by atoms with Gasteiger partial charge in [0.2, 0.25) is 5.91 Å². The Bertz CT molecular complexity index is 1050. The van der Waals surface area contributed by atoms with Gasteiger partial charge in [0.1, 0.15) is 5.75 Å². The predicted molar refractivity (Wildman–Crippen MR) is 125 cm³/mol. The van der Waals surface area contributed by atoms with Crippen LogP contribution in [0.2, 0.25) is 0 Å². The van der Waals surface area contributed by atoms with E-state index in [1.165, 1.54) is 17.7 Å². The van der Waals surface area contributed by atoms with Crippen molar-refractivity contribution < 1.29 is 27.5 Å². The number of rotatable bonds is 7. The number of nitrogens with one attached hydrogen (secondary N) is 2. The minimum Gasteiger partial charge on any atom is -0.497 e. The highest BCUT2D eigenvalue weighted by Gasteiger charge is 2.35. The molecule has 1 saturated carbocycles. The molecule has 0 bridgehead atoms. The first kappa shape index (κ1) is 25.0. The summed E-state index contributed by atoms with van der Waals surface area (Å²) in [6.07, 6.45) is -0.0802. The Balaban J connectivity index is 1.16. The predicted octanol–water partition coefficient (Wildman–Crippen LogP) is 3.97. The van der Waals surface area contributed by atoms with Crippen molar-refractivity contribution in [1.29, 1.82) is 0 Å². The second kappa shape index (κ2) is 10.7. The van der Waals surface area contributed by atoms with Crippen molar-refractivity contribution in [3.63, 3.8) is 0 Å². The van der Waals surface area contributed by atoms with Gasteiger partial charge < -0.3 is 15.4 Å². The van der Waals surface area contributed by atoms with Gasteiger partial charge in [-0.25, -0.2) is 0 Å². The van der Waals surface area contributed by atoms with Crippen LogP contribution in [0, 0.1) is 0 Å². The molecule has 9 heteroatoms. The number of hydrogen-bond donors (Lipinski definition) is 2. The van der Waals surface area contributed by atoms with Gasteiger partial charge >= 0.3 is 6.18 Å². The minimum atomic E-state index is -4.53. The van der Waals surface area contributed by atoms with Crippen molar-refractivity contribution in [1.82, 2.24) is 15.5 Å². The average molecular weight is 490 g/mol. The van der Waals surface area contributed by atoms with Gasteiger partial charge in [-0.05, 0) is 67.5 Å². The lowest BCUT2D eigenvalue weighted by molar-refractivity contribution is -0.137. The molecule has 0 atom stereocenters. The fraction of sp³-hybridized carbons (Fsp3) is 0.462. The topological polar surface area (TPSA) is 70.7 Å². The third-order valence-corrected chi connectivity index (χ3v) is 6.91. The van der Waals surface area contributed by atoms with E-state index in [0.717, 1.165) is 56.7 Å². The molecular formula is C26H30F3N3O3. The first-order valence-electron chi connectivity index (χ1n) is 11.9. The summed E-state index contributed by atoms with van der Waals surface area (Å²) in [5.74, 6) is 0.363. The first-order valence-corrected chi connectivity index (χ1v) is 11.9. The van der Waals surface area contributed by atoms with Gasteiger partial charge in [0.15, 0.2) is 0 Å². The van der Waals surface area contributed by atoms with Crippen molar-refractivity contribution in [2.75, 3.05) is 26.7 Å². The largest absolute Gasteiger partial charge is 0.497 e. The number of carbonyl (C=O) groups excluding carboxylic acids is 2. The van der Waals surface area contributed by atoms with E-state index in [4.69, 9.17) is 4.74 Å². The molecule has 0 unspecified atom stereocenters. The SMILES string of the molecule is COc1cccc(C2CCC(N3CC(NC(=O)CNC(=O)c4cccc(C(F)(F)F)c4)C3)CC2)c1. The summed E-state index contributed by atoms with van der Waals surface area (Å²) in [6, 6.07) is 12.9. The van der Waals surface area contributed by atoms with Gasteiger partial charge in [-0.1, -0.05) is 18.2 Å². The maximum absolute atomic E-state index is 12.8. The molecule has 2 aromatic carbocycles. The Morgan fingerprint density at radius 1 is 1.03 bits per heavy atom. The molecule has 35 heavy (non-hydrogen) atoms. The highest BCUT2D eigenvalue weighted by Crippen LogP contribution is 2.37. The zero-order valence-corrected chi connectivity index (χ0v) is 19.6. The Hall–Kier alpha value is -3.07. The number of alkyl halides is 3. The Kier molecular flexibility index (Phi) is 7.64. The van der Waals surface area contributed by atoms with Gasteiger partial charge in [-0.15, -0.1) is 0 Å². The van der Waals surface area contributed by atoms with E-state index in [1.54, 1.807) is 7.11 Å². The van der Waals surface area contributed by atoms with Gasteiger partial charge in [0, 0.05) is 24.7 Å². The standard InChI is InChI=1S/C26H30F3N3O3/c1-35-23-7-3-4-18(13-23)17-8-10-22(11-9-17)32-15-21(16-32)31-24(33)14-30-25(34)19-5-2-6-20(12-19)26(27,28)29/h2-7,12-13,17,21-22H,8-11,14-16H2,1H3,(H,30,34)(H,31,33). The van der Waals surface area contributed by atoms with Crippen molar-refractivity contribution in [3.05, 3.63) is 65.2 Å². The highest BCUT2D eigenvalue weighted by molar-refractivity contribution is 5.96. The Morgan fingerprint density at radius 2 is 1.74 bits per heavy atom. The highest BCUT2D eigenvalue weighted by atomic mass is 19.4. The molecule has 0 radical (unpaired) electrons. The van der Waals surface area contributed by atoms with E-state index in [2.05, 4.69) is 27.7 Å². The van der Waals surface area contributed by atoms with Crippen LogP contribution in [0.25, 0.3) is 0 Å². The molecule has 1 saturated heterocycles. The summed E-state index contributed by atoms with van der Waals surface area (Å²) in [5.41, 5.74) is 0.289. The number of methoxy groups -OCH3 is 1. The first-order chi connectivity index (χ1) is 16.7. The van der Waals surface area contributed by atoms with E-state index in [1.807, 2.05) is 12.1 Å². The van der Waals surface area contributed by atoms with E-state index < -0.39 is 17.6 Å². The summed E-state index contributed by atoms with van der Waals surface area (Å²) in [4.78, 5) is 26.7. The van der Waals surface area contributed by atoms with Crippen LogP contribution in [0.3, 0.4) is 0 Å². The van der Waals surface area contributed by atoms with Gasteiger partial charge in [-0.3, -0.25) is 14.5 Å². The summed E-state index contributed by atoms with van der Waals surface area (Å²) in [5, 5.41) is 5.28. The average Bonchev–Trinajstić information content (AvgIpc) is 2.84. The monoisotopic (exact) mass is 489 g/mol. The van der Waals surface area contributed by atoms with Crippen molar-refractivity contribution in [2.45, 2.75) is 49.9 Å². The lowest BCUT2D eigenvalue weighted by atomic mass is 9.80. The molecule has 2 fully saturated rings. The van der Waals surface area contributed by atoms with Crippen LogP contribution in [-0.4, -0.2) is 55.5 Å². The lowest BCUT2D eigenvalue weighted by Crippen LogP contribution is -2.63. The normalized spacial score (nSPS) is 21.1. The van der Waals surface area contributed by atoms with Gasteiger partial charge in [0.25, 0.3) is 5.91 Å². The van der Waals surface area contributed by atoms with E-state index in [-0.39, 0.29) is 24.1 Å². The van der Waals surface area contributed by atoms with E-state index in [9.17, 15) is 22.8 Å². The van der Waals surface area contributed by atoms with Crippen LogP contribution < -0.4 is 15.4 Å². The fourth-order valence-electron chi connectivity index (χ4n) is 4.95. The number of amides is 2. The van der Waals surface area contributed by atoms with Crippen LogP contribution in [0.4, 0.5) is 13.2 Å².